The van der Waals surface area contributed by atoms with Crippen LogP contribution in [0, 0.1) is 45.3 Å². The standard InChI is InChI=1S/C24H6N8/c25-7-15-17(9-27)31-23-13-5-2-6-14-20(13)19-11(21(23)29-15)3-1-4-12(19)22-24(14)32-18(10-28)16(8-26)30-22/h1-6H. The fraction of sp³-hybridized carbons (Fsp3) is 0. The molecular formula is C24H6N8. The van der Waals surface area contributed by atoms with Crippen LogP contribution in [0.5, 0.6) is 0 Å². The van der Waals surface area contributed by atoms with Crippen LogP contribution in [-0.4, -0.2) is 19.9 Å². The summed E-state index contributed by atoms with van der Waals surface area (Å²) in [6.45, 7) is 0. The normalized spacial score (nSPS) is 11.0. The van der Waals surface area contributed by atoms with Crippen molar-refractivity contribution in [2.45, 2.75) is 0 Å². The molecule has 142 valence electrons. The summed E-state index contributed by atoms with van der Waals surface area (Å²) in [5.74, 6) is 0. The van der Waals surface area contributed by atoms with Gasteiger partial charge in [-0.1, -0.05) is 36.4 Å². The Morgan fingerprint density at radius 2 is 0.688 bits per heavy atom. The predicted molar refractivity (Wildman–Crippen MR) is 115 cm³/mol. The van der Waals surface area contributed by atoms with Crippen molar-refractivity contribution in [1.82, 2.24) is 19.9 Å². The van der Waals surface area contributed by atoms with Crippen molar-refractivity contribution in [3.05, 3.63) is 59.2 Å². The zero-order valence-corrected chi connectivity index (χ0v) is 16.0. The second-order valence-electron chi connectivity index (χ2n) is 7.14. The zero-order chi connectivity index (χ0) is 22.0. The minimum absolute atomic E-state index is 0.0371. The maximum absolute atomic E-state index is 9.46. The monoisotopic (exact) mass is 406 g/mol. The molecule has 0 atom stereocenters. The molecule has 0 saturated carbocycles. The maximum Gasteiger partial charge on any atom is 0.177 e. The van der Waals surface area contributed by atoms with E-state index in [1.807, 2.05) is 60.7 Å². The molecule has 2 aromatic heterocycles. The van der Waals surface area contributed by atoms with Gasteiger partial charge in [0.1, 0.15) is 24.3 Å². The summed E-state index contributed by atoms with van der Waals surface area (Å²) in [6.07, 6.45) is 0. The van der Waals surface area contributed by atoms with Gasteiger partial charge < -0.3 is 0 Å². The summed E-state index contributed by atoms with van der Waals surface area (Å²) in [5, 5.41) is 42.6. The van der Waals surface area contributed by atoms with E-state index in [0.29, 0.717) is 22.1 Å². The predicted octanol–water partition coefficient (Wildman–Crippen LogP) is 3.96. The van der Waals surface area contributed by atoms with Crippen molar-refractivity contribution in [3.8, 4) is 24.3 Å². The Hall–Kier alpha value is -5.44. The Morgan fingerprint density at radius 3 is 0.906 bits per heavy atom. The topological polar surface area (TPSA) is 147 Å². The van der Waals surface area contributed by atoms with Crippen LogP contribution in [0.4, 0.5) is 0 Å². The maximum atomic E-state index is 9.46. The summed E-state index contributed by atoms with van der Waals surface area (Å²) in [6, 6.07) is 19.0. The van der Waals surface area contributed by atoms with Crippen molar-refractivity contribution in [2.75, 3.05) is 0 Å². The number of benzene rings is 4. The summed E-state index contributed by atoms with van der Waals surface area (Å²) >= 11 is 0. The summed E-state index contributed by atoms with van der Waals surface area (Å²) in [4.78, 5) is 17.9. The lowest BCUT2D eigenvalue weighted by Crippen LogP contribution is -2.01. The lowest BCUT2D eigenvalue weighted by molar-refractivity contribution is 1.20. The minimum Gasteiger partial charge on any atom is -0.232 e. The highest BCUT2D eigenvalue weighted by atomic mass is 14.8. The first kappa shape index (κ1) is 17.4. The van der Waals surface area contributed by atoms with E-state index in [1.165, 1.54) is 0 Å². The number of nitriles is 4. The van der Waals surface area contributed by atoms with Crippen LogP contribution in [0.3, 0.4) is 0 Å². The second kappa shape index (κ2) is 6.03. The molecule has 2 heterocycles. The first-order valence-corrected chi connectivity index (χ1v) is 9.42. The Balaban J connectivity index is 2.01. The number of rotatable bonds is 0. The number of hydrogen-bond donors (Lipinski definition) is 0. The van der Waals surface area contributed by atoms with Crippen molar-refractivity contribution in [2.24, 2.45) is 0 Å². The van der Waals surface area contributed by atoms with E-state index in [-0.39, 0.29) is 22.8 Å². The molecule has 0 amide bonds. The van der Waals surface area contributed by atoms with E-state index in [1.54, 1.807) is 0 Å². The number of fused-ring (bicyclic) bond motifs is 6. The van der Waals surface area contributed by atoms with E-state index in [2.05, 4.69) is 19.9 Å². The third kappa shape index (κ3) is 2.00. The molecule has 0 fully saturated rings. The molecule has 6 rings (SSSR count). The molecule has 0 aliphatic rings. The molecule has 8 nitrogen and oxygen atoms in total. The third-order valence-corrected chi connectivity index (χ3v) is 5.61. The van der Waals surface area contributed by atoms with Gasteiger partial charge in [0.05, 0.1) is 22.1 Å². The highest BCUT2D eigenvalue weighted by molar-refractivity contribution is 6.38. The molecule has 0 aliphatic heterocycles. The van der Waals surface area contributed by atoms with Crippen LogP contribution in [0.2, 0.25) is 0 Å². The van der Waals surface area contributed by atoms with Crippen LogP contribution in [0.15, 0.2) is 36.4 Å². The average molecular weight is 406 g/mol. The summed E-state index contributed by atoms with van der Waals surface area (Å²) in [5.41, 5.74) is 1.88. The number of aromatic nitrogens is 4. The van der Waals surface area contributed by atoms with E-state index in [0.717, 1.165) is 32.3 Å². The second-order valence-corrected chi connectivity index (χ2v) is 7.14. The smallest absolute Gasteiger partial charge is 0.177 e. The highest BCUT2D eigenvalue weighted by Gasteiger charge is 2.22. The van der Waals surface area contributed by atoms with Gasteiger partial charge in [-0.05, 0) is 0 Å². The van der Waals surface area contributed by atoms with Gasteiger partial charge in [-0.25, -0.2) is 19.9 Å². The van der Waals surface area contributed by atoms with Gasteiger partial charge >= 0.3 is 0 Å². The van der Waals surface area contributed by atoms with Crippen LogP contribution in [-0.2, 0) is 0 Å². The Labute approximate surface area is 179 Å². The first-order chi connectivity index (χ1) is 15.7. The Morgan fingerprint density at radius 1 is 0.438 bits per heavy atom. The van der Waals surface area contributed by atoms with Crippen molar-refractivity contribution in [3.63, 3.8) is 0 Å². The Bertz CT molecular complexity index is 1700. The first-order valence-electron chi connectivity index (χ1n) is 9.42. The molecule has 8 heteroatoms. The van der Waals surface area contributed by atoms with Gasteiger partial charge in [0.25, 0.3) is 0 Å². The Kier molecular flexibility index (Phi) is 3.28. The minimum atomic E-state index is -0.0371. The quantitative estimate of drug-likeness (QED) is 0.272. The van der Waals surface area contributed by atoms with Crippen molar-refractivity contribution >= 4 is 54.4 Å². The van der Waals surface area contributed by atoms with Gasteiger partial charge in [-0.2, -0.15) is 21.0 Å². The van der Waals surface area contributed by atoms with Crippen LogP contribution >= 0.6 is 0 Å². The van der Waals surface area contributed by atoms with Crippen LogP contribution in [0.25, 0.3) is 54.4 Å². The van der Waals surface area contributed by atoms with Gasteiger partial charge in [-0.3, -0.25) is 0 Å². The van der Waals surface area contributed by atoms with Crippen LogP contribution in [0.1, 0.15) is 22.8 Å². The van der Waals surface area contributed by atoms with Gasteiger partial charge in [0, 0.05) is 32.3 Å². The molecule has 0 saturated heterocycles. The lowest BCUT2D eigenvalue weighted by Gasteiger charge is -2.16. The van der Waals surface area contributed by atoms with E-state index >= 15 is 0 Å². The highest BCUT2D eigenvalue weighted by Crippen LogP contribution is 2.43. The van der Waals surface area contributed by atoms with E-state index in [4.69, 9.17) is 0 Å². The fourth-order valence-electron chi connectivity index (χ4n) is 4.37. The largest absolute Gasteiger partial charge is 0.232 e. The summed E-state index contributed by atoms with van der Waals surface area (Å²) in [7, 11) is 0. The van der Waals surface area contributed by atoms with Gasteiger partial charge in [0.2, 0.25) is 0 Å². The van der Waals surface area contributed by atoms with E-state index < -0.39 is 0 Å². The molecule has 0 aliphatic carbocycles. The van der Waals surface area contributed by atoms with Crippen molar-refractivity contribution < 1.29 is 0 Å². The molecule has 0 unspecified atom stereocenters. The third-order valence-electron chi connectivity index (χ3n) is 5.61. The molecule has 0 bridgehead atoms. The van der Waals surface area contributed by atoms with Gasteiger partial charge in [0.15, 0.2) is 22.8 Å². The zero-order valence-electron chi connectivity index (χ0n) is 16.0. The number of hydrogen-bond acceptors (Lipinski definition) is 8. The van der Waals surface area contributed by atoms with E-state index in [9.17, 15) is 21.0 Å². The SMILES string of the molecule is N#Cc1nc2c3cccc4c5nc(C#N)c(C#N)nc5c5cccc(c2nc1C#N)c5c34. The van der Waals surface area contributed by atoms with Crippen LogP contribution < -0.4 is 0 Å². The summed E-state index contributed by atoms with van der Waals surface area (Å²) < 4.78 is 0. The lowest BCUT2D eigenvalue weighted by atomic mass is 9.91. The molecule has 0 spiro atoms. The molecule has 0 N–H and O–H groups in total. The molecule has 0 radical (unpaired) electrons. The molecular weight excluding hydrogens is 400 g/mol. The average Bonchev–Trinajstić information content (AvgIpc) is 2.86. The molecule has 4 aromatic carbocycles. The van der Waals surface area contributed by atoms with Gasteiger partial charge in [-0.15, -0.1) is 0 Å². The fourth-order valence-corrected chi connectivity index (χ4v) is 4.37. The van der Waals surface area contributed by atoms with Crippen molar-refractivity contribution in [1.29, 1.82) is 21.0 Å². The molecule has 32 heavy (non-hydrogen) atoms. The number of nitrogens with zero attached hydrogens (tertiary/aromatic N) is 8. The molecule has 6 aromatic rings.